The Balaban J connectivity index is 1.95. The number of Topliss-reactive ketones (excluding diaryl/α,β-unsaturated/α-hetero) is 1. The summed E-state index contributed by atoms with van der Waals surface area (Å²) in [6, 6.07) is 1.15. The molecule has 2 aliphatic rings. The van der Waals surface area contributed by atoms with Crippen molar-refractivity contribution in [2.75, 3.05) is 6.54 Å². The molecule has 2 heteroatoms. The van der Waals surface area contributed by atoms with Crippen molar-refractivity contribution in [2.24, 2.45) is 0 Å². The van der Waals surface area contributed by atoms with E-state index >= 15 is 0 Å². The van der Waals surface area contributed by atoms with Crippen molar-refractivity contribution in [2.45, 2.75) is 44.7 Å². The molecule has 13 heavy (non-hydrogen) atoms. The fourth-order valence-electron chi connectivity index (χ4n) is 2.44. The van der Waals surface area contributed by atoms with Crippen LogP contribution in [0.1, 0.15) is 32.6 Å². The van der Waals surface area contributed by atoms with Crippen molar-refractivity contribution in [3.8, 4) is 0 Å². The maximum Gasteiger partial charge on any atom is 0.135 e. The van der Waals surface area contributed by atoms with Gasteiger partial charge in [-0.3, -0.25) is 9.69 Å². The van der Waals surface area contributed by atoms with Crippen LogP contribution in [0.2, 0.25) is 0 Å². The molecule has 0 aromatic heterocycles. The van der Waals surface area contributed by atoms with E-state index in [-0.39, 0.29) is 0 Å². The predicted molar refractivity (Wildman–Crippen MR) is 52.6 cm³/mol. The minimum absolute atomic E-state index is 0.440. The first-order valence-corrected chi connectivity index (χ1v) is 5.20. The van der Waals surface area contributed by atoms with E-state index in [2.05, 4.69) is 24.0 Å². The molecule has 0 radical (unpaired) electrons. The Morgan fingerprint density at radius 2 is 2.08 bits per heavy atom. The summed E-state index contributed by atoms with van der Waals surface area (Å²) < 4.78 is 0. The molecule has 1 aliphatic carbocycles. The van der Waals surface area contributed by atoms with Crippen LogP contribution < -0.4 is 0 Å². The molecule has 1 aliphatic heterocycles. The van der Waals surface area contributed by atoms with Gasteiger partial charge >= 0.3 is 0 Å². The molecule has 0 aromatic carbocycles. The number of piperidine rings is 1. The van der Waals surface area contributed by atoms with Crippen LogP contribution in [-0.2, 0) is 4.79 Å². The second-order valence-electron chi connectivity index (χ2n) is 4.18. The molecule has 0 bridgehead atoms. The van der Waals surface area contributed by atoms with Gasteiger partial charge in [-0.2, -0.15) is 0 Å². The molecule has 0 aromatic rings. The highest BCUT2D eigenvalue weighted by Crippen LogP contribution is 2.24. The maximum absolute atomic E-state index is 11.2. The number of likely N-dealkylation sites (tertiary alicyclic amines) is 1. The molecule has 1 heterocycles. The van der Waals surface area contributed by atoms with E-state index in [1.807, 2.05) is 0 Å². The average molecular weight is 179 g/mol. The van der Waals surface area contributed by atoms with Crippen LogP contribution >= 0.6 is 0 Å². The minimum atomic E-state index is 0.440. The lowest BCUT2D eigenvalue weighted by Crippen LogP contribution is -2.46. The van der Waals surface area contributed by atoms with E-state index in [9.17, 15) is 4.79 Å². The summed E-state index contributed by atoms with van der Waals surface area (Å²) in [6.45, 7) is 3.15. The van der Waals surface area contributed by atoms with E-state index in [4.69, 9.17) is 0 Å². The largest absolute Gasteiger partial charge is 0.300 e. The van der Waals surface area contributed by atoms with Crippen LogP contribution in [0.4, 0.5) is 0 Å². The zero-order valence-corrected chi connectivity index (χ0v) is 8.20. The van der Waals surface area contributed by atoms with Gasteiger partial charge in [0.15, 0.2) is 0 Å². The molecule has 1 atom stereocenters. The van der Waals surface area contributed by atoms with Crippen LogP contribution in [0.5, 0.6) is 0 Å². The Morgan fingerprint density at radius 1 is 1.38 bits per heavy atom. The number of hydrogen-bond donors (Lipinski definition) is 0. The van der Waals surface area contributed by atoms with Crippen molar-refractivity contribution in [3.63, 3.8) is 0 Å². The SMILES string of the molecule is CC1CC(=O)CCN1C1CC=CC1. The topological polar surface area (TPSA) is 20.3 Å². The molecule has 2 rings (SSSR count). The number of carbonyl (C=O) groups excluding carboxylic acids is 1. The summed E-state index contributed by atoms with van der Waals surface area (Å²) in [5.74, 6) is 0.440. The molecule has 0 saturated carbocycles. The van der Waals surface area contributed by atoms with Gasteiger partial charge in [0, 0.05) is 31.5 Å². The third-order valence-electron chi connectivity index (χ3n) is 3.19. The fourth-order valence-corrected chi connectivity index (χ4v) is 2.44. The molecule has 1 saturated heterocycles. The number of carbonyl (C=O) groups is 1. The van der Waals surface area contributed by atoms with Crippen molar-refractivity contribution >= 4 is 5.78 Å². The van der Waals surface area contributed by atoms with E-state index in [1.165, 1.54) is 12.8 Å². The van der Waals surface area contributed by atoms with Gasteiger partial charge in [-0.15, -0.1) is 0 Å². The first-order chi connectivity index (χ1) is 6.27. The molecule has 0 amide bonds. The highest BCUT2D eigenvalue weighted by atomic mass is 16.1. The van der Waals surface area contributed by atoms with Crippen molar-refractivity contribution < 1.29 is 4.79 Å². The molecular weight excluding hydrogens is 162 g/mol. The third kappa shape index (κ3) is 1.83. The summed E-state index contributed by atoms with van der Waals surface area (Å²) in [5, 5.41) is 0. The van der Waals surface area contributed by atoms with Gasteiger partial charge in [0.1, 0.15) is 5.78 Å². The molecule has 1 fully saturated rings. The first-order valence-electron chi connectivity index (χ1n) is 5.20. The normalized spacial score (nSPS) is 31.5. The number of ketones is 1. The maximum atomic E-state index is 11.2. The van der Waals surface area contributed by atoms with Gasteiger partial charge in [0.25, 0.3) is 0 Å². The minimum Gasteiger partial charge on any atom is -0.300 e. The molecule has 2 nitrogen and oxygen atoms in total. The number of rotatable bonds is 1. The van der Waals surface area contributed by atoms with Gasteiger partial charge < -0.3 is 0 Å². The van der Waals surface area contributed by atoms with E-state index in [0.29, 0.717) is 17.9 Å². The Bertz CT molecular complexity index is 226. The molecule has 0 N–H and O–H groups in total. The Kier molecular flexibility index (Phi) is 2.49. The summed E-state index contributed by atoms with van der Waals surface area (Å²) in [6.07, 6.45) is 8.40. The molecule has 1 unspecified atom stereocenters. The Morgan fingerprint density at radius 3 is 2.69 bits per heavy atom. The van der Waals surface area contributed by atoms with Crippen LogP contribution in [-0.4, -0.2) is 29.3 Å². The zero-order valence-electron chi connectivity index (χ0n) is 8.20. The smallest absolute Gasteiger partial charge is 0.135 e. The van der Waals surface area contributed by atoms with Crippen LogP contribution in [0.15, 0.2) is 12.2 Å². The number of hydrogen-bond acceptors (Lipinski definition) is 2. The van der Waals surface area contributed by atoms with E-state index in [0.717, 1.165) is 19.4 Å². The average Bonchev–Trinajstić information content (AvgIpc) is 2.56. The van der Waals surface area contributed by atoms with Crippen molar-refractivity contribution in [1.29, 1.82) is 0 Å². The molecular formula is C11H17NO. The summed E-state index contributed by atoms with van der Waals surface area (Å²) >= 11 is 0. The summed E-state index contributed by atoms with van der Waals surface area (Å²) in [5.41, 5.74) is 0. The molecule has 72 valence electrons. The van der Waals surface area contributed by atoms with Crippen LogP contribution in [0.3, 0.4) is 0 Å². The standard InChI is InChI=1S/C11H17NO/c1-9-8-11(13)6-7-12(9)10-4-2-3-5-10/h2-3,9-10H,4-8H2,1H3. The van der Waals surface area contributed by atoms with Crippen LogP contribution in [0, 0.1) is 0 Å². The zero-order chi connectivity index (χ0) is 9.26. The van der Waals surface area contributed by atoms with E-state index in [1.54, 1.807) is 0 Å². The fraction of sp³-hybridized carbons (Fsp3) is 0.727. The summed E-state index contributed by atoms with van der Waals surface area (Å²) in [7, 11) is 0. The van der Waals surface area contributed by atoms with Crippen LogP contribution in [0.25, 0.3) is 0 Å². The lowest BCUT2D eigenvalue weighted by molar-refractivity contribution is -0.123. The highest BCUT2D eigenvalue weighted by molar-refractivity contribution is 5.79. The summed E-state index contributed by atoms with van der Waals surface area (Å²) in [4.78, 5) is 13.7. The highest BCUT2D eigenvalue weighted by Gasteiger charge is 2.29. The lowest BCUT2D eigenvalue weighted by atomic mass is 9.99. The Labute approximate surface area is 79.6 Å². The van der Waals surface area contributed by atoms with E-state index < -0.39 is 0 Å². The predicted octanol–water partition coefficient (Wildman–Crippen LogP) is 1.76. The monoisotopic (exact) mass is 179 g/mol. The Hall–Kier alpha value is -0.630. The third-order valence-corrected chi connectivity index (χ3v) is 3.19. The van der Waals surface area contributed by atoms with Gasteiger partial charge in [-0.25, -0.2) is 0 Å². The lowest BCUT2D eigenvalue weighted by Gasteiger charge is -2.37. The van der Waals surface area contributed by atoms with Gasteiger partial charge in [-0.1, -0.05) is 12.2 Å². The van der Waals surface area contributed by atoms with Crippen molar-refractivity contribution in [1.82, 2.24) is 4.90 Å². The van der Waals surface area contributed by atoms with Crippen molar-refractivity contribution in [3.05, 3.63) is 12.2 Å². The molecule has 0 spiro atoms. The van der Waals surface area contributed by atoms with Gasteiger partial charge in [0.2, 0.25) is 0 Å². The second-order valence-corrected chi connectivity index (χ2v) is 4.18. The second kappa shape index (κ2) is 3.62. The quantitative estimate of drug-likeness (QED) is 0.572. The first kappa shape index (κ1) is 8.95. The number of nitrogens with zero attached hydrogens (tertiary/aromatic N) is 1. The van der Waals surface area contributed by atoms with Gasteiger partial charge in [-0.05, 0) is 19.8 Å². The van der Waals surface area contributed by atoms with Gasteiger partial charge in [0.05, 0.1) is 0 Å².